The molecule has 11 heavy (non-hydrogen) atoms. The Morgan fingerprint density at radius 3 is 2.82 bits per heavy atom. The van der Waals surface area contributed by atoms with E-state index in [-0.39, 0.29) is 11.2 Å². The first-order chi connectivity index (χ1) is 5.29. The van der Waals surface area contributed by atoms with Gasteiger partial charge in [0.25, 0.3) is 0 Å². The van der Waals surface area contributed by atoms with Crippen molar-refractivity contribution in [2.45, 2.75) is 12.3 Å². The number of fused-ring (bicyclic) bond motifs is 1. The zero-order valence-electron chi connectivity index (χ0n) is 5.88. The third kappa shape index (κ3) is 0.962. The molecule has 1 aliphatic rings. The Morgan fingerprint density at radius 2 is 2.18 bits per heavy atom. The van der Waals surface area contributed by atoms with Crippen LogP contribution in [0.1, 0.15) is 17.0 Å². The van der Waals surface area contributed by atoms with Crippen molar-refractivity contribution in [2.24, 2.45) is 0 Å². The van der Waals surface area contributed by atoms with Gasteiger partial charge in [0.05, 0.1) is 5.92 Å². The van der Waals surface area contributed by atoms with Crippen LogP contribution < -0.4 is 0 Å². The molecule has 2 heteroatoms. The highest BCUT2D eigenvalue weighted by molar-refractivity contribution is 6.64. The van der Waals surface area contributed by atoms with E-state index in [0.717, 1.165) is 12.0 Å². The van der Waals surface area contributed by atoms with Crippen molar-refractivity contribution < 1.29 is 4.79 Å². The summed E-state index contributed by atoms with van der Waals surface area (Å²) in [5.74, 6) is -0.0344. The minimum Gasteiger partial charge on any atom is -0.281 e. The van der Waals surface area contributed by atoms with Crippen LogP contribution in [0.15, 0.2) is 24.3 Å². The monoisotopic (exact) mass is 166 g/mol. The van der Waals surface area contributed by atoms with E-state index in [2.05, 4.69) is 0 Å². The maximum atomic E-state index is 10.8. The molecule has 0 N–H and O–H groups in total. The molecule has 0 saturated heterocycles. The number of carbonyl (C=O) groups is 1. The normalized spacial score (nSPS) is 20.3. The van der Waals surface area contributed by atoms with Gasteiger partial charge in [0, 0.05) is 0 Å². The van der Waals surface area contributed by atoms with Crippen LogP contribution in [0.5, 0.6) is 0 Å². The molecule has 1 aliphatic carbocycles. The number of carbonyl (C=O) groups excluding carboxylic acids is 1. The second-order valence-corrected chi connectivity index (χ2v) is 3.13. The van der Waals surface area contributed by atoms with Gasteiger partial charge in [-0.3, -0.25) is 4.79 Å². The first-order valence-electron chi connectivity index (χ1n) is 3.56. The summed E-state index contributed by atoms with van der Waals surface area (Å²) in [5, 5.41) is -0.233. The number of benzene rings is 1. The third-order valence-corrected chi connectivity index (χ3v) is 2.39. The molecule has 0 radical (unpaired) electrons. The maximum absolute atomic E-state index is 10.8. The first kappa shape index (κ1) is 6.86. The molecule has 0 fully saturated rings. The van der Waals surface area contributed by atoms with Crippen molar-refractivity contribution in [3.05, 3.63) is 35.4 Å². The average molecular weight is 167 g/mol. The molecular formula is C9H7ClO. The Balaban J connectivity index is 2.36. The average Bonchev–Trinajstić information content (AvgIpc) is 1.90. The standard InChI is InChI=1S/C9H7ClO/c10-9(11)8-5-6-3-1-2-4-7(6)8/h1-4,8H,5H2/t8-/m0/s1. The Hall–Kier alpha value is -0.820. The molecule has 2 rings (SSSR count). The van der Waals surface area contributed by atoms with Gasteiger partial charge in [-0.1, -0.05) is 24.3 Å². The van der Waals surface area contributed by atoms with Crippen LogP contribution in [0.25, 0.3) is 0 Å². The van der Waals surface area contributed by atoms with Gasteiger partial charge < -0.3 is 0 Å². The SMILES string of the molecule is O=C(Cl)[C@H]1Cc2ccccc21. The summed E-state index contributed by atoms with van der Waals surface area (Å²) in [4.78, 5) is 10.8. The molecule has 1 aromatic rings. The highest BCUT2D eigenvalue weighted by atomic mass is 35.5. The minimum atomic E-state index is -0.233. The Bertz CT molecular complexity index is 306. The van der Waals surface area contributed by atoms with Crippen molar-refractivity contribution in [1.82, 2.24) is 0 Å². The Kier molecular flexibility index (Phi) is 1.46. The van der Waals surface area contributed by atoms with Gasteiger partial charge in [-0.15, -0.1) is 0 Å². The largest absolute Gasteiger partial charge is 0.281 e. The summed E-state index contributed by atoms with van der Waals surface area (Å²) >= 11 is 5.37. The second-order valence-electron chi connectivity index (χ2n) is 2.76. The molecule has 0 aromatic heterocycles. The van der Waals surface area contributed by atoms with Crippen LogP contribution >= 0.6 is 11.6 Å². The van der Waals surface area contributed by atoms with E-state index >= 15 is 0 Å². The van der Waals surface area contributed by atoms with Crippen molar-refractivity contribution in [1.29, 1.82) is 0 Å². The van der Waals surface area contributed by atoms with E-state index in [9.17, 15) is 4.79 Å². The topological polar surface area (TPSA) is 17.1 Å². The van der Waals surface area contributed by atoms with Gasteiger partial charge >= 0.3 is 0 Å². The van der Waals surface area contributed by atoms with Crippen molar-refractivity contribution in [2.75, 3.05) is 0 Å². The predicted octanol–water partition coefficient (Wildman–Crippen LogP) is 2.09. The second kappa shape index (κ2) is 2.35. The third-order valence-electron chi connectivity index (χ3n) is 2.13. The molecule has 0 heterocycles. The van der Waals surface area contributed by atoms with E-state index in [0.29, 0.717) is 0 Å². The van der Waals surface area contributed by atoms with Gasteiger partial charge in [0.2, 0.25) is 5.24 Å². The summed E-state index contributed by atoms with van der Waals surface area (Å²) < 4.78 is 0. The molecule has 0 bridgehead atoms. The first-order valence-corrected chi connectivity index (χ1v) is 3.94. The molecule has 0 aliphatic heterocycles. The molecule has 0 amide bonds. The molecule has 0 saturated carbocycles. The number of halogens is 1. The van der Waals surface area contributed by atoms with Gasteiger partial charge in [0.1, 0.15) is 0 Å². The smallest absolute Gasteiger partial charge is 0.229 e. The molecule has 56 valence electrons. The summed E-state index contributed by atoms with van der Waals surface area (Å²) in [7, 11) is 0. The highest BCUT2D eigenvalue weighted by Crippen LogP contribution is 2.35. The summed E-state index contributed by atoms with van der Waals surface area (Å²) in [6, 6.07) is 7.91. The number of hydrogen-bond acceptors (Lipinski definition) is 1. The minimum absolute atomic E-state index is 0.0344. The van der Waals surface area contributed by atoms with Crippen LogP contribution in [0.4, 0.5) is 0 Å². The quantitative estimate of drug-likeness (QED) is 0.584. The summed E-state index contributed by atoms with van der Waals surface area (Å²) in [6.45, 7) is 0. The van der Waals surface area contributed by atoms with Crippen LogP contribution in [-0.2, 0) is 11.2 Å². The van der Waals surface area contributed by atoms with Gasteiger partial charge in [-0.2, -0.15) is 0 Å². The highest BCUT2D eigenvalue weighted by Gasteiger charge is 2.30. The fourth-order valence-electron chi connectivity index (χ4n) is 1.46. The van der Waals surface area contributed by atoms with Crippen LogP contribution in [-0.4, -0.2) is 5.24 Å². The van der Waals surface area contributed by atoms with Crippen LogP contribution in [0, 0.1) is 0 Å². The Morgan fingerprint density at radius 1 is 1.45 bits per heavy atom. The molecular weight excluding hydrogens is 160 g/mol. The van der Waals surface area contributed by atoms with Crippen LogP contribution in [0.3, 0.4) is 0 Å². The zero-order valence-corrected chi connectivity index (χ0v) is 6.64. The van der Waals surface area contributed by atoms with E-state index in [1.807, 2.05) is 24.3 Å². The van der Waals surface area contributed by atoms with Crippen LogP contribution in [0.2, 0.25) is 0 Å². The number of rotatable bonds is 1. The summed E-state index contributed by atoms with van der Waals surface area (Å²) in [6.07, 6.45) is 0.818. The van der Waals surface area contributed by atoms with E-state index < -0.39 is 0 Å². The van der Waals surface area contributed by atoms with Crippen molar-refractivity contribution in [3.63, 3.8) is 0 Å². The zero-order chi connectivity index (χ0) is 7.84. The molecule has 0 spiro atoms. The van der Waals surface area contributed by atoms with E-state index in [4.69, 9.17) is 11.6 Å². The lowest BCUT2D eigenvalue weighted by molar-refractivity contribution is -0.113. The lowest BCUT2D eigenvalue weighted by Crippen LogP contribution is -2.21. The molecule has 0 unspecified atom stereocenters. The van der Waals surface area contributed by atoms with Gasteiger partial charge in [0.15, 0.2) is 0 Å². The predicted molar refractivity (Wildman–Crippen MR) is 43.7 cm³/mol. The molecule has 1 atom stereocenters. The summed E-state index contributed by atoms with van der Waals surface area (Å²) in [5.41, 5.74) is 2.36. The maximum Gasteiger partial charge on any atom is 0.229 e. The lowest BCUT2D eigenvalue weighted by Gasteiger charge is -2.26. The van der Waals surface area contributed by atoms with E-state index in [1.54, 1.807) is 0 Å². The Labute approximate surface area is 70.0 Å². The van der Waals surface area contributed by atoms with Crippen molar-refractivity contribution >= 4 is 16.8 Å². The lowest BCUT2D eigenvalue weighted by atomic mass is 9.78. The van der Waals surface area contributed by atoms with Gasteiger partial charge in [-0.25, -0.2) is 0 Å². The molecule has 1 nitrogen and oxygen atoms in total. The van der Waals surface area contributed by atoms with Crippen molar-refractivity contribution in [3.8, 4) is 0 Å². The van der Waals surface area contributed by atoms with E-state index in [1.165, 1.54) is 5.56 Å². The fourth-order valence-corrected chi connectivity index (χ4v) is 1.66. The fraction of sp³-hybridized carbons (Fsp3) is 0.222. The van der Waals surface area contributed by atoms with Gasteiger partial charge in [-0.05, 0) is 29.1 Å². The number of hydrogen-bond donors (Lipinski definition) is 0. The molecule has 1 aromatic carbocycles.